The standard InChI is InChI=1S/C16H26N2O2S/c1-4-18(15-7-5-6-8-15)21(19,20)16-10-14(11-17)12(2)9-13(16)3/h9-10,15H,4-8,11,17H2,1-3H3. The van der Waals surface area contributed by atoms with E-state index in [4.69, 9.17) is 5.73 Å². The molecule has 0 heterocycles. The lowest BCUT2D eigenvalue weighted by molar-refractivity contribution is 0.335. The number of nitrogens with two attached hydrogens (primary N) is 1. The molecule has 1 aliphatic rings. The van der Waals surface area contributed by atoms with Gasteiger partial charge in [0.05, 0.1) is 4.90 Å². The zero-order valence-electron chi connectivity index (χ0n) is 13.2. The molecule has 1 aromatic rings. The topological polar surface area (TPSA) is 63.4 Å². The van der Waals surface area contributed by atoms with Crippen LogP contribution in [0, 0.1) is 13.8 Å². The molecule has 1 aliphatic carbocycles. The molecule has 4 nitrogen and oxygen atoms in total. The summed E-state index contributed by atoms with van der Waals surface area (Å²) in [5.74, 6) is 0. The van der Waals surface area contributed by atoms with Crippen molar-refractivity contribution in [3.8, 4) is 0 Å². The molecule has 1 aromatic carbocycles. The van der Waals surface area contributed by atoms with Crippen LogP contribution < -0.4 is 5.73 Å². The molecule has 0 radical (unpaired) electrons. The zero-order chi connectivity index (χ0) is 15.6. The fourth-order valence-corrected chi connectivity index (χ4v) is 5.27. The highest BCUT2D eigenvalue weighted by atomic mass is 32.2. The third kappa shape index (κ3) is 3.15. The van der Waals surface area contributed by atoms with Gasteiger partial charge >= 0.3 is 0 Å². The maximum atomic E-state index is 13.0. The van der Waals surface area contributed by atoms with Crippen LogP contribution in [0.1, 0.15) is 49.3 Å². The Hall–Kier alpha value is -0.910. The molecular formula is C16H26N2O2S. The molecule has 0 atom stereocenters. The molecule has 1 saturated carbocycles. The van der Waals surface area contributed by atoms with E-state index in [1.807, 2.05) is 26.8 Å². The summed E-state index contributed by atoms with van der Waals surface area (Å²) in [5.41, 5.74) is 8.50. The molecular weight excluding hydrogens is 284 g/mol. The smallest absolute Gasteiger partial charge is 0.243 e. The van der Waals surface area contributed by atoms with Crippen LogP contribution in [0.3, 0.4) is 0 Å². The van der Waals surface area contributed by atoms with E-state index in [1.54, 1.807) is 10.4 Å². The van der Waals surface area contributed by atoms with Crippen molar-refractivity contribution in [2.24, 2.45) is 5.73 Å². The molecule has 0 saturated heterocycles. The SMILES string of the molecule is CCN(C1CCCC1)S(=O)(=O)c1cc(CN)c(C)cc1C. The lowest BCUT2D eigenvalue weighted by atomic mass is 10.1. The third-order valence-corrected chi connectivity index (χ3v) is 6.65. The van der Waals surface area contributed by atoms with Crippen LogP contribution in [0.5, 0.6) is 0 Å². The van der Waals surface area contributed by atoms with Gasteiger partial charge in [-0.05, 0) is 49.4 Å². The summed E-state index contributed by atoms with van der Waals surface area (Å²) in [7, 11) is -3.44. The molecule has 0 aliphatic heterocycles. The summed E-state index contributed by atoms with van der Waals surface area (Å²) in [5, 5.41) is 0. The van der Waals surface area contributed by atoms with Crippen LogP contribution in [0.2, 0.25) is 0 Å². The van der Waals surface area contributed by atoms with E-state index in [2.05, 4.69) is 0 Å². The predicted molar refractivity (Wildman–Crippen MR) is 85.6 cm³/mol. The first kappa shape index (κ1) is 16.5. The first-order valence-corrected chi connectivity index (χ1v) is 9.17. The van der Waals surface area contributed by atoms with Gasteiger partial charge in [0.1, 0.15) is 0 Å². The highest BCUT2D eigenvalue weighted by Gasteiger charge is 2.33. The quantitative estimate of drug-likeness (QED) is 0.909. The van der Waals surface area contributed by atoms with E-state index in [1.165, 1.54) is 0 Å². The Balaban J connectivity index is 2.47. The van der Waals surface area contributed by atoms with Gasteiger partial charge in [-0.2, -0.15) is 4.31 Å². The number of sulfonamides is 1. The molecule has 0 bridgehead atoms. The molecule has 1 fully saturated rings. The molecule has 2 rings (SSSR count). The molecule has 118 valence electrons. The van der Waals surface area contributed by atoms with Crippen LogP contribution in [0.25, 0.3) is 0 Å². The van der Waals surface area contributed by atoms with Crippen molar-refractivity contribution in [1.29, 1.82) is 0 Å². The summed E-state index contributed by atoms with van der Waals surface area (Å²) in [6.07, 6.45) is 4.19. The van der Waals surface area contributed by atoms with Crippen molar-refractivity contribution in [2.45, 2.75) is 63.9 Å². The van der Waals surface area contributed by atoms with Crippen molar-refractivity contribution in [1.82, 2.24) is 4.31 Å². The number of nitrogens with zero attached hydrogens (tertiary/aromatic N) is 1. The van der Waals surface area contributed by atoms with Crippen LogP contribution >= 0.6 is 0 Å². The van der Waals surface area contributed by atoms with Gasteiger partial charge in [-0.3, -0.25) is 0 Å². The Morgan fingerprint density at radius 1 is 1.19 bits per heavy atom. The van der Waals surface area contributed by atoms with Crippen LogP contribution in [0.15, 0.2) is 17.0 Å². The monoisotopic (exact) mass is 310 g/mol. The predicted octanol–water partition coefficient (Wildman–Crippen LogP) is 2.72. The van der Waals surface area contributed by atoms with Crippen LogP contribution in [0.4, 0.5) is 0 Å². The molecule has 5 heteroatoms. The molecule has 0 unspecified atom stereocenters. The lowest BCUT2D eigenvalue weighted by Crippen LogP contribution is -2.39. The summed E-state index contributed by atoms with van der Waals surface area (Å²) in [6.45, 7) is 6.65. The van der Waals surface area contributed by atoms with E-state index in [0.717, 1.165) is 42.4 Å². The maximum absolute atomic E-state index is 13.0. The Labute approximate surface area is 128 Å². The van der Waals surface area contributed by atoms with Gasteiger partial charge in [-0.25, -0.2) is 8.42 Å². The largest absolute Gasteiger partial charge is 0.326 e. The number of aryl methyl sites for hydroxylation is 2. The van der Waals surface area contributed by atoms with Crippen molar-refractivity contribution in [2.75, 3.05) is 6.54 Å². The summed E-state index contributed by atoms with van der Waals surface area (Å²) in [4.78, 5) is 0.419. The van der Waals surface area contributed by atoms with E-state index >= 15 is 0 Å². The Morgan fingerprint density at radius 2 is 1.81 bits per heavy atom. The number of rotatable bonds is 5. The van der Waals surface area contributed by atoms with Gasteiger partial charge < -0.3 is 5.73 Å². The van der Waals surface area contributed by atoms with Crippen molar-refractivity contribution < 1.29 is 8.42 Å². The highest BCUT2D eigenvalue weighted by molar-refractivity contribution is 7.89. The average Bonchev–Trinajstić information content (AvgIpc) is 2.92. The second kappa shape index (κ2) is 6.46. The van der Waals surface area contributed by atoms with Gasteiger partial charge in [0.25, 0.3) is 0 Å². The average molecular weight is 310 g/mol. The molecule has 2 N–H and O–H groups in total. The third-order valence-electron chi connectivity index (χ3n) is 4.48. The second-order valence-electron chi connectivity index (χ2n) is 5.89. The molecule has 0 spiro atoms. The highest BCUT2D eigenvalue weighted by Crippen LogP contribution is 2.30. The van der Waals surface area contributed by atoms with E-state index < -0.39 is 10.0 Å². The summed E-state index contributed by atoms with van der Waals surface area (Å²) >= 11 is 0. The maximum Gasteiger partial charge on any atom is 0.243 e. The van der Waals surface area contributed by atoms with Gasteiger partial charge in [0, 0.05) is 19.1 Å². The van der Waals surface area contributed by atoms with Gasteiger partial charge in [-0.1, -0.05) is 25.8 Å². The van der Waals surface area contributed by atoms with Gasteiger partial charge in [0.2, 0.25) is 10.0 Å². The Bertz CT molecular complexity index is 605. The van der Waals surface area contributed by atoms with E-state index in [9.17, 15) is 8.42 Å². The number of hydrogen-bond donors (Lipinski definition) is 1. The van der Waals surface area contributed by atoms with Crippen molar-refractivity contribution in [3.05, 3.63) is 28.8 Å². The summed E-state index contributed by atoms with van der Waals surface area (Å²) in [6, 6.07) is 3.84. The minimum Gasteiger partial charge on any atom is -0.326 e. The fraction of sp³-hybridized carbons (Fsp3) is 0.625. The molecule has 21 heavy (non-hydrogen) atoms. The van der Waals surface area contributed by atoms with Gasteiger partial charge in [-0.15, -0.1) is 0 Å². The minimum absolute atomic E-state index is 0.155. The number of benzene rings is 1. The minimum atomic E-state index is -3.44. The Morgan fingerprint density at radius 3 is 2.33 bits per heavy atom. The lowest BCUT2D eigenvalue weighted by Gasteiger charge is -2.27. The van der Waals surface area contributed by atoms with E-state index in [0.29, 0.717) is 18.0 Å². The zero-order valence-corrected chi connectivity index (χ0v) is 14.0. The number of hydrogen-bond acceptors (Lipinski definition) is 3. The van der Waals surface area contributed by atoms with Crippen LogP contribution in [-0.2, 0) is 16.6 Å². The van der Waals surface area contributed by atoms with Crippen LogP contribution in [-0.4, -0.2) is 25.3 Å². The normalized spacial score (nSPS) is 16.8. The molecule has 0 aromatic heterocycles. The first-order chi connectivity index (χ1) is 9.91. The molecule has 0 amide bonds. The van der Waals surface area contributed by atoms with E-state index in [-0.39, 0.29) is 6.04 Å². The first-order valence-electron chi connectivity index (χ1n) is 7.73. The van der Waals surface area contributed by atoms with Gasteiger partial charge in [0.15, 0.2) is 0 Å². The Kier molecular flexibility index (Phi) is 5.07. The summed E-state index contributed by atoms with van der Waals surface area (Å²) < 4.78 is 27.8. The van der Waals surface area contributed by atoms with Crippen molar-refractivity contribution >= 4 is 10.0 Å². The second-order valence-corrected chi connectivity index (χ2v) is 7.75. The fourth-order valence-electron chi connectivity index (χ4n) is 3.32. The van der Waals surface area contributed by atoms with Crippen molar-refractivity contribution in [3.63, 3.8) is 0 Å².